The summed E-state index contributed by atoms with van der Waals surface area (Å²) in [6.07, 6.45) is 0. The number of carbonyl (C=O) groups is 1. The predicted molar refractivity (Wildman–Crippen MR) is 41.3 cm³/mol. The van der Waals surface area contributed by atoms with Crippen LogP contribution in [0.3, 0.4) is 0 Å². The maximum atomic E-state index is 10.5. The third-order valence-electron chi connectivity index (χ3n) is 1.67. The summed E-state index contributed by atoms with van der Waals surface area (Å²) in [5.41, 5.74) is 0.569. The number of carbonyl (C=O) groups excluding carboxylic acids is 1. The first-order chi connectivity index (χ1) is 5.75. The number of benzene rings is 1. The SMILES string of the molecule is O=C([O-])[C@@H](CO)c1ccccc1. The Kier molecular flexibility index (Phi) is 2.82. The lowest BCUT2D eigenvalue weighted by atomic mass is 10.0. The topological polar surface area (TPSA) is 60.4 Å². The van der Waals surface area contributed by atoms with E-state index < -0.39 is 18.5 Å². The molecule has 1 aromatic carbocycles. The van der Waals surface area contributed by atoms with Crippen molar-refractivity contribution in [1.29, 1.82) is 0 Å². The summed E-state index contributed by atoms with van der Waals surface area (Å²) in [5, 5.41) is 19.2. The van der Waals surface area contributed by atoms with Gasteiger partial charge in [-0.2, -0.15) is 0 Å². The van der Waals surface area contributed by atoms with Crippen molar-refractivity contribution in [2.24, 2.45) is 0 Å². The maximum absolute atomic E-state index is 10.5. The number of aliphatic carboxylic acids is 1. The molecular weight excluding hydrogens is 156 g/mol. The lowest BCUT2D eigenvalue weighted by Gasteiger charge is -2.14. The number of carboxylic acids is 1. The molecule has 0 aliphatic carbocycles. The number of aliphatic hydroxyl groups excluding tert-OH is 1. The molecule has 0 saturated heterocycles. The summed E-state index contributed by atoms with van der Waals surface area (Å²) in [6, 6.07) is 8.53. The molecule has 12 heavy (non-hydrogen) atoms. The summed E-state index contributed by atoms with van der Waals surface area (Å²) in [4.78, 5) is 10.5. The van der Waals surface area contributed by atoms with Gasteiger partial charge in [0.15, 0.2) is 0 Å². The lowest BCUT2D eigenvalue weighted by molar-refractivity contribution is -0.308. The average Bonchev–Trinajstić information content (AvgIpc) is 2.07. The van der Waals surface area contributed by atoms with Crippen LogP contribution in [0.5, 0.6) is 0 Å². The average molecular weight is 165 g/mol. The van der Waals surface area contributed by atoms with Crippen LogP contribution in [0, 0.1) is 0 Å². The van der Waals surface area contributed by atoms with Crippen molar-refractivity contribution < 1.29 is 15.0 Å². The number of hydrogen-bond donors (Lipinski definition) is 1. The van der Waals surface area contributed by atoms with Gasteiger partial charge in [0.2, 0.25) is 0 Å². The van der Waals surface area contributed by atoms with Gasteiger partial charge in [0.1, 0.15) is 0 Å². The third kappa shape index (κ3) is 1.83. The van der Waals surface area contributed by atoms with E-state index in [9.17, 15) is 9.90 Å². The van der Waals surface area contributed by atoms with Crippen molar-refractivity contribution >= 4 is 5.97 Å². The molecule has 3 nitrogen and oxygen atoms in total. The lowest BCUT2D eigenvalue weighted by Crippen LogP contribution is -2.31. The van der Waals surface area contributed by atoms with Crippen molar-refractivity contribution in [3.05, 3.63) is 35.9 Å². The highest BCUT2D eigenvalue weighted by molar-refractivity contribution is 5.74. The van der Waals surface area contributed by atoms with Crippen LogP contribution in [0.25, 0.3) is 0 Å². The minimum Gasteiger partial charge on any atom is -0.549 e. The Hall–Kier alpha value is -1.35. The van der Waals surface area contributed by atoms with Crippen molar-refractivity contribution in [2.45, 2.75) is 5.92 Å². The van der Waals surface area contributed by atoms with Gasteiger partial charge in [-0.25, -0.2) is 0 Å². The van der Waals surface area contributed by atoms with Crippen LogP contribution in [-0.4, -0.2) is 17.7 Å². The highest BCUT2D eigenvalue weighted by Crippen LogP contribution is 2.12. The molecule has 3 heteroatoms. The maximum Gasteiger partial charge on any atom is 0.0552 e. The Morgan fingerprint density at radius 2 is 2.00 bits per heavy atom. The molecule has 0 heterocycles. The van der Waals surface area contributed by atoms with E-state index >= 15 is 0 Å². The van der Waals surface area contributed by atoms with E-state index in [0.29, 0.717) is 5.56 Å². The molecule has 0 bridgehead atoms. The van der Waals surface area contributed by atoms with Gasteiger partial charge >= 0.3 is 0 Å². The molecule has 0 radical (unpaired) electrons. The molecule has 0 amide bonds. The fraction of sp³-hybridized carbons (Fsp3) is 0.222. The van der Waals surface area contributed by atoms with Crippen molar-refractivity contribution in [1.82, 2.24) is 0 Å². The summed E-state index contributed by atoms with van der Waals surface area (Å²) in [6.45, 7) is -0.424. The van der Waals surface area contributed by atoms with Gasteiger partial charge in [-0.1, -0.05) is 30.3 Å². The van der Waals surface area contributed by atoms with E-state index in [2.05, 4.69) is 0 Å². The molecule has 0 aliphatic rings. The van der Waals surface area contributed by atoms with Gasteiger partial charge in [0, 0.05) is 5.92 Å². The van der Waals surface area contributed by atoms with Crippen LogP contribution < -0.4 is 5.11 Å². The zero-order chi connectivity index (χ0) is 8.97. The van der Waals surface area contributed by atoms with E-state index in [1.807, 2.05) is 0 Å². The molecular formula is C9H9O3-. The second-order valence-corrected chi connectivity index (χ2v) is 2.46. The molecule has 0 unspecified atom stereocenters. The summed E-state index contributed by atoms with van der Waals surface area (Å²) in [7, 11) is 0. The number of carboxylic acid groups (broad SMARTS) is 1. The van der Waals surface area contributed by atoms with Crippen molar-refractivity contribution in [3.63, 3.8) is 0 Å². The van der Waals surface area contributed by atoms with Crippen LogP contribution >= 0.6 is 0 Å². The molecule has 1 atom stereocenters. The van der Waals surface area contributed by atoms with Gasteiger partial charge in [-0.3, -0.25) is 0 Å². The van der Waals surface area contributed by atoms with Crippen molar-refractivity contribution in [2.75, 3.05) is 6.61 Å². The Morgan fingerprint density at radius 3 is 2.42 bits per heavy atom. The largest absolute Gasteiger partial charge is 0.549 e. The summed E-state index contributed by atoms with van der Waals surface area (Å²) in [5.74, 6) is -2.16. The predicted octanol–water partition coefficient (Wildman–Crippen LogP) is -0.488. The standard InChI is InChI=1S/C9H10O3/c10-6-8(9(11)12)7-4-2-1-3-5-7/h1-5,8,10H,6H2,(H,11,12)/p-1/t8-/m0/s1. The molecule has 0 saturated carbocycles. The Morgan fingerprint density at radius 1 is 1.42 bits per heavy atom. The van der Waals surface area contributed by atoms with E-state index in [1.54, 1.807) is 30.3 Å². The molecule has 0 aromatic heterocycles. The van der Waals surface area contributed by atoms with Gasteiger partial charge < -0.3 is 15.0 Å². The first-order valence-electron chi connectivity index (χ1n) is 3.62. The smallest absolute Gasteiger partial charge is 0.0552 e. The molecule has 1 N–H and O–H groups in total. The Balaban J connectivity index is 2.88. The Labute approximate surface area is 70.3 Å². The molecule has 64 valence electrons. The van der Waals surface area contributed by atoms with Crippen LogP contribution in [-0.2, 0) is 4.79 Å². The second kappa shape index (κ2) is 3.88. The minimum absolute atomic E-state index is 0.424. The summed E-state index contributed by atoms with van der Waals surface area (Å²) < 4.78 is 0. The van der Waals surface area contributed by atoms with E-state index in [1.165, 1.54) is 0 Å². The van der Waals surface area contributed by atoms with Crippen LogP contribution in [0.15, 0.2) is 30.3 Å². The van der Waals surface area contributed by atoms with E-state index in [-0.39, 0.29) is 0 Å². The first kappa shape index (κ1) is 8.74. The highest BCUT2D eigenvalue weighted by Gasteiger charge is 2.09. The molecule has 0 spiro atoms. The van der Waals surface area contributed by atoms with E-state index in [0.717, 1.165) is 0 Å². The van der Waals surface area contributed by atoms with Gasteiger partial charge in [0.05, 0.1) is 12.6 Å². The molecule has 0 aliphatic heterocycles. The van der Waals surface area contributed by atoms with Crippen LogP contribution in [0.1, 0.15) is 11.5 Å². The highest BCUT2D eigenvalue weighted by atomic mass is 16.4. The van der Waals surface area contributed by atoms with Crippen LogP contribution in [0.2, 0.25) is 0 Å². The minimum atomic E-state index is -1.25. The van der Waals surface area contributed by atoms with Crippen LogP contribution in [0.4, 0.5) is 0 Å². The fourth-order valence-electron chi connectivity index (χ4n) is 1.00. The third-order valence-corrected chi connectivity index (χ3v) is 1.67. The zero-order valence-electron chi connectivity index (χ0n) is 6.43. The van der Waals surface area contributed by atoms with Crippen molar-refractivity contribution in [3.8, 4) is 0 Å². The quantitative estimate of drug-likeness (QED) is 0.657. The molecule has 1 rings (SSSR count). The monoisotopic (exact) mass is 165 g/mol. The molecule has 1 aromatic rings. The zero-order valence-corrected chi connectivity index (χ0v) is 6.43. The van der Waals surface area contributed by atoms with Gasteiger partial charge in [-0.05, 0) is 5.56 Å². The second-order valence-electron chi connectivity index (χ2n) is 2.46. The summed E-state index contributed by atoms with van der Waals surface area (Å²) >= 11 is 0. The van der Waals surface area contributed by atoms with E-state index in [4.69, 9.17) is 5.11 Å². The number of aliphatic hydroxyl groups is 1. The molecule has 0 fully saturated rings. The Bertz CT molecular complexity index is 256. The first-order valence-corrected chi connectivity index (χ1v) is 3.62. The number of hydrogen-bond acceptors (Lipinski definition) is 3. The van der Waals surface area contributed by atoms with Gasteiger partial charge in [-0.15, -0.1) is 0 Å². The fourth-order valence-corrected chi connectivity index (χ4v) is 1.00. The number of rotatable bonds is 3. The normalized spacial score (nSPS) is 12.4. The van der Waals surface area contributed by atoms with Gasteiger partial charge in [0.25, 0.3) is 0 Å².